The molecule has 19 heavy (non-hydrogen) atoms. The molecule has 1 atom stereocenters. The van der Waals surface area contributed by atoms with Crippen LogP contribution in [0.15, 0.2) is 30.3 Å². The van der Waals surface area contributed by atoms with Crippen LogP contribution < -0.4 is 10.0 Å². The fourth-order valence-corrected chi connectivity index (χ4v) is 1.95. The smallest absolute Gasteiger partial charge is 0.330 e. The van der Waals surface area contributed by atoms with Gasteiger partial charge in [0.25, 0.3) is 0 Å². The molecule has 0 spiro atoms. The van der Waals surface area contributed by atoms with Crippen LogP contribution in [0.3, 0.4) is 0 Å². The molecule has 0 unspecified atom stereocenters. The number of nitrogens with one attached hydrogen (secondary N) is 2. The minimum absolute atomic E-state index is 0.366. The molecule has 104 valence electrons. The summed E-state index contributed by atoms with van der Waals surface area (Å²) in [6.07, 6.45) is 0. The minimum atomic E-state index is -3.73. The largest absolute Gasteiger partial charge is 0.479 e. The van der Waals surface area contributed by atoms with Crippen LogP contribution in [0.2, 0.25) is 0 Å². The number of sulfonamides is 1. The third-order valence-corrected chi connectivity index (χ3v) is 3.58. The standard InChI is InChI=1S/C11H14N2O5S/c1-12-19(17,18)7-9(14)13-10(11(15)16)8-5-3-2-4-6-8/h2-6,10,12H,7H2,1H3,(H,13,14)(H,15,16)/t10-/m0/s1. The lowest BCUT2D eigenvalue weighted by atomic mass is 10.1. The average molecular weight is 286 g/mol. The molecule has 0 saturated heterocycles. The number of aliphatic carboxylic acids is 1. The molecule has 0 fully saturated rings. The predicted molar refractivity (Wildman–Crippen MR) is 67.8 cm³/mol. The first-order valence-corrected chi connectivity index (χ1v) is 6.99. The summed E-state index contributed by atoms with van der Waals surface area (Å²) in [4.78, 5) is 22.6. The van der Waals surface area contributed by atoms with E-state index in [0.717, 1.165) is 0 Å². The van der Waals surface area contributed by atoms with Gasteiger partial charge in [0, 0.05) is 0 Å². The summed E-state index contributed by atoms with van der Waals surface area (Å²) in [7, 11) is -2.55. The van der Waals surface area contributed by atoms with Crippen molar-refractivity contribution in [3.63, 3.8) is 0 Å². The summed E-state index contributed by atoms with van der Waals surface area (Å²) in [6.45, 7) is 0. The number of benzene rings is 1. The Kier molecular flexibility index (Phi) is 5.02. The van der Waals surface area contributed by atoms with E-state index in [1.807, 2.05) is 4.72 Å². The Morgan fingerprint density at radius 2 is 1.84 bits per heavy atom. The zero-order valence-corrected chi connectivity index (χ0v) is 11.0. The first kappa shape index (κ1) is 15.1. The molecule has 1 rings (SSSR count). The Morgan fingerprint density at radius 1 is 1.26 bits per heavy atom. The van der Waals surface area contributed by atoms with Crippen molar-refractivity contribution in [2.45, 2.75) is 6.04 Å². The van der Waals surface area contributed by atoms with Crippen molar-refractivity contribution < 1.29 is 23.1 Å². The summed E-state index contributed by atoms with van der Waals surface area (Å²) in [5.74, 6) is -2.97. The van der Waals surface area contributed by atoms with Gasteiger partial charge in [0.05, 0.1) is 0 Å². The Labute approximate surface area is 110 Å². The minimum Gasteiger partial charge on any atom is -0.479 e. The van der Waals surface area contributed by atoms with E-state index in [2.05, 4.69) is 5.32 Å². The van der Waals surface area contributed by atoms with Crippen molar-refractivity contribution in [2.75, 3.05) is 12.8 Å². The van der Waals surface area contributed by atoms with Crippen molar-refractivity contribution in [3.05, 3.63) is 35.9 Å². The highest BCUT2D eigenvalue weighted by Gasteiger charge is 2.24. The summed E-state index contributed by atoms with van der Waals surface area (Å²) in [6, 6.07) is 6.75. The Balaban J connectivity index is 2.82. The SMILES string of the molecule is CNS(=O)(=O)CC(=O)N[C@H](C(=O)O)c1ccccc1. The van der Waals surface area contributed by atoms with E-state index in [1.54, 1.807) is 18.2 Å². The number of carboxylic acids is 1. The molecule has 0 heterocycles. The van der Waals surface area contributed by atoms with Crippen molar-refractivity contribution in [2.24, 2.45) is 0 Å². The fourth-order valence-electron chi connectivity index (χ4n) is 1.38. The Bertz CT molecular complexity index is 556. The number of hydrogen-bond donors (Lipinski definition) is 3. The molecule has 0 radical (unpaired) electrons. The fraction of sp³-hybridized carbons (Fsp3) is 0.273. The van der Waals surface area contributed by atoms with Crippen LogP contribution in [0, 0.1) is 0 Å². The van der Waals surface area contributed by atoms with Gasteiger partial charge in [-0.05, 0) is 12.6 Å². The van der Waals surface area contributed by atoms with E-state index in [1.165, 1.54) is 19.2 Å². The summed E-state index contributed by atoms with van der Waals surface area (Å²) in [5.41, 5.74) is 0.366. The molecule has 8 heteroatoms. The molecule has 0 aliphatic carbocycles. The van der Waals surface area contributed by atoms with Crippen molar-refractivity contribution in [1.82, 2.24) is 10.0 Å². The lowest BCUT2D eigenvalue weighted by Crippen LogP contribution is -2.39. The van der Waals surface area contributed by atoms with Crippen LogP contribution in [0.1, 0.15) is 11.6 Å². The molecule has 1 aromatic rings. The maximum absolute atomic E-state index is 11.5. The van der Waals surface area contributed by atoms with E-state index in [-0.39, 0.29) is 0 Å². The lowest BCUT2D eigenvalue weighted by molar-refractivity contribution is -0.141. The van der Waals surface area contributed by atoms with E-state index >= 15 is 0 Å². The van der Waals surface area contributed by atoms with Crippen LogP contribution in [0.25, 0.3) is 0 Å². The summed E-state index contributed by atoms with van der Waals surface area (Å²) >= 11 is 0. The number of carbonyl (C=O) groups is 2. The second kappa shape index (κ2) is 6.30. The van der Waals surface area contributed by atoms with E-state index in [4.69, 9.17) is 5.11 Å². The van der Waals surface area contributed by atoms with E-state index in [0.29, 0.717) is 5.56 Å². The molecule has 0 bridgehead atoms. The highest BCUT2D eigenvalue weighted by molar-refractivity contribution is 7.90. The molecule has 1 aromatic carbocycles. The molecule has 7 nitrogen and oxygen atoms in total. The van der Waals surface area contributed by atoms with Gasteiger partial charge in [0.15, 0.2) is 6.04 Å². The van der Waals surface area contributed by atoms with Gasteiger partial charge in [0.1, 0.15) is 5.75 Å². The highest BCUT2D eigenvalue weighted by Crippen LogP contribution is 2.12. The zero-order chi connectivity index (χ0) is 14.5. The van der Waals surface area contributed by atoms with Gasteiger partial charge in [-0.25, -0.2) is 17.9 Å². The first-order chi connectivity index (χ1) is 8.85. The normalized spacial score (nSPS) is 12.7. The van der Waals surface area contributed by atoms with Gasteiger partial charge in [-0.15, -0.1) is 0 Å². The van der Waals surface area contributed by atoms with Gasteiger partial charge in [-0.2, -0.15) is 0 Å². The zero-order valence-electron chi connectivity index (χ0n) is 10.2. The third kappa shape index (κ3) is 4.68. The first-order valence-electron chi connectivity index (χ1n) is 5.34. The molecule has 0 saturated carbocycles. The molecule has 0 aliphatic rings. The molecule has 3 N–H and O–H groups in total. The third-order valence-electron chi connectivity index (χ3n) is 2.32. The Morgan fingerprint density at radius 3 is 2.32 bits per heavy atom. The highest BCUT2D eigenvalue weighted by atomic mass is 32.2. The maximum atomic E-state index is 11.5. The second-order valence-corrected chi connectivity index (χ2v) is 5.64. The van der Waals surface area contributed by atoms with Gasteiger partial charge in [0.2, 0.25) is 15.9 Å². The van der Waals surface area contributed by atoms with Crippen LogP contribution in [0.5, 0.6) is 0 Å². The molecule has 0 aromatic heterocycles. The van der Waals surface area contributed by atoms with Crippen LogP contribution in [0.4, 0.5) is 0 Å². The number of amides is 1. The monoisotopic (exact) mass is 286 g/mol. The quantitative estimate of drug-likeness (QED) is 0.651. The topological polar surface area (TPSA) is 113 Å². The van der Waals surface area contributed by atoms with E-state index < -0.39 is 33.7 Å². The number of carbonyl (C=O) groups excluding carboxylic acids is 1. The molecular weight excluding hydrogens is 272 g/mol. The Hall–Kier alpha value is -1.93. The predicted octanol–water partition coefficient (Wildman–Crippen LogP) is -0.522. The summed E-state index contributed by atoms with van der Waals surface area (Å²) < 4.78 is 24.3. The average Bonchev–Trinajstić information content (AvgIpc) is 2.36. The van der Waals surface area contributed by atoms with Gasteiger partial charge < -0.3 is 10.4 Å². The van der Waals surface area contributed by atoms with Crippen molar-refractivity contribution in [1.29, 1.82) is 0 Å². The van der Waals surface area contributed by atoms with Gasteiger partial charge in [-0.1, -0.05) is 30.3 Å². The van der Waals surface area contributed by atoms with Crippen LogP contribution >= 0.6 is 0 Å². The van der Waals surface area contributed by atoms with Gasteiger partial charge >= 0.3 is 5.97 Å². The van der Waals surface area contributed by atoms with Crippen LogP contribution in [-0.2, 0) is 19.6 Å². The molecule has 1 amide bonds. The molecular formula is C11H14N2O5S. The maximum Gasteiger partial charge on any atom is 0.330 e. The van der Waals surface area contributed by atoms with Crippen molar-refractivity contribution in [3.8, 4) is 0 Å². The second-order valence-electron chi connectivity index (χ2n) is 3.71. The lowest BCUT2D eigenvalue weighted by Gasteiger charge is -2.14. The van der Waals surface area contributed by atoms with Crippen LogP contribution in [-0.4, -0.2) is 38.2 Å². The van der Waals surface area contributed by atoms with Gasteiger partial charge in [-0.3, -0.25) is 4.79 Å². The number of rotatable bonds is 6. The number of carboxylic acid groups (broad SMARTS) is 1. The molecule has 0 aliphatic heterocycles. The summed E-state index contributed by atoms with van der Waals surface area (Å²) in [5, 5.41) is 11.2. The van der Waals surface area contributed by atoms with Crippen molar-refractivity contribution >= 4 is 21.9 Å². The number of hydrogen-bond acceptors (Lipinski definition) is 4. The van der Waals surface area contributed by atoms with E-state index in [9.17, 15) is 18.0 Å².